The maximum absolute atomic E-state index is 12.2. The van der Waals surface area contributed by atoms with Crippen molar-refractivity contribution in [3.05, 3.63) is 18.2 Å². The van der Waals surface area contributed by atoms with Gasteiger partial charge in [0.2, 0.25) is 0 Å². The minimum absolute atomic E-state index is 0.0891. The zero-order valence-electron chi connectivity index (χ0n) is 13.0. The summed E-state index contributed by atoms with van der Waals surface area (Å²) in [6.45, 7) is 6.43. The molecule has 2 saturated heterocycles. The Kier molecular flexibility index (Phi) is 3.97. The minimum atomic E-state index is -0.290. The molecule has 4 rings (SSSR count). The number of amides is 1. The van der Waals surface area contributed by atoms with Crippen LogP contribution in [0.3, 0.4) is 0 Å². The lowest BCUT2D eigenvalue weighted by Crippen LogP contribution is -2.46. The van der Waals surface area contributed by atoms with Crippen LogP contribution in [0.25, 0.3) is 0 Å². The topological polar surface area (TPSA) is 63.3 Å². The normalized spacial score (nSPS) is 24.6. The predicted molar refractivity (Wildman–Crippen MR) is 84.4 cm³/mol. The summed E-state index contributed by atoms with van der Waals surface area (Å²) in [6.07, 6.45) is -0.379. The summed E-state index contributed by atoms with van der Waals surface area (Å²) in [5.41, 5.74) is 0.794. The van der Waals surface area contributed by atoms with Crippen molar-refractivity contribution in [1.82, 2.24) is 10.2 Å². The van der Waals surface area contributed by atoms with Gasteiger partial charge >= 0.3 is 6.09 Å². The second kappa shape index (κ2) is 6.25. The van der Waals surface area contributed by atoms with Crippen molar-refractivity contribution in [1.29, 1.82) is 0 Å². The van der Waals surface area contributed by atoms with E-state index in [0.717, 1.165) is 44.2 Å². The molecule has 7 heteroatoms. The quantitative estimate of drug-likeness (QED) is 0.884. The van der Waals surface area contributed by atoms with Gasteiger partial charge < -0.3 is 19.5 Å². The lowest BCUT2D eigenvalue weighted by molar-refractivity contribution is 0.104. The number of fused-ring (bicyclic) bond motifs is 1. The molecule has 0 bridgehead atoms. The number of nitrogens with one attached hydrogen (secondary N) is 1. The molecule has 0 radical (unpaired) electrons. The fourth-order valence-corrected chi connectivity index (χ4v) is 3.21. The number of carbonyl (C=O) groups excluding carboxylic acids is 1. The van der Waals surface area contributed by atoms with Crippen LogP contribution in [-0.4, -0.2) is 69.6 Å². The van der Waals surface area contributed by atoms with E-state index in [4.69, 9.17) is 14.2 Å². The minimum Gasteiger partial charge on any atom is -0.486 e. The molecule has 2 fully saturated rings. The van der Waals surface area contributed by atoms with Crippen molar-refractivity contribution in [3.8, 4) is 11.5 Å². The van der Waals surface area contributed by atoms with Gasteiger partial charge in [0.25, 0.3) is 0 Å². The number of rotatable bonds is 3. The SMILES string of the molecule is O=C1O[C@H](CN2CCNCC2)CN1c1ccc2c(c1)OCCO2. The molecule has 3 heterocycles. The van der Waals surface area contributed by atoms with Gasteiger partial charge in [0.05, 0.1) is 12.2 Å². The van der Waals surface area contributed by atoms with Crippen LogP contribution in [0.5, 0.6) is 11.5 Å². The molecule has 0 saturated carbocycles. The monoisotopic (exact) mass is 319 g/mol. The van der Waals surface area contributed by atoms with Crippen molar-refractivity contribution >= 4 is 11.8 Å². The second-order valence-electron chi connectivity index (χ2n) is 5.99. The van der Waals surface area contributed by atoms with Crippen LogP contribution < -0.4 is 19.7 Å². The van der Waals surface area contributed by atoms with Gasteiger partial charge in [0.1, 0.15) is 19.3 Å². The Balaban J connectivity index is 1.44. The van der Waals surface area contributed by atoms with E-state index in [0.29, 0.717) is 25.5 Å². The number of anilines is 1. The van der Waals surface area contributed by atoms with Gasteiger partial charge in [-0.25, -0.2) is 4.79 Å². The zero-order valence-corrected chi connectivity index (χ0v) is 13.0. The molecule has 3 aliphatic rings. The molecular weight excluding hydrogens is 298 g/mol. The van der Waals surface area contributed by atoms with Gasteiger partial charge in [-0.2, -0.15) is 0 Å². The highest BCUT2D eigenvalue weighted by molar-refractivity contribution is 5.90. The Morgan fingerprint density at radius 2 is 1.91 bits per heavy atom. The molecule has 0 unspecified atom stereocenters. The standard InChI is InChI=1S/C16H21N3O4/c20-16-19(11-13(23-16)10-18-5-3-17-4-6-18)12-1-2-14-15(9-12)22-8-7-21-14/h1-2,9,13,17H,3-8,10-11H2/t13-/m1/s1. The molecular formula is C16H21N3O4. The molecule has 0 spiro atoms. The number of hydrogen-bond donors (Lipinski definition) is 1. The van der Waals surface area contributed by atoms with Crippen LogP contribution in [0.2, 0.25) is 0 Å². The lowest BCUT2D eigenvalue weighted by atomic mass is 10.2. The fourth-order valence-electron chi connectivity index (χ4n) is 3.21. The molecule has 1 N–H and O–H groups in total. The van der Waals surface area contributed by atoms with Crippen molar-refractivity contribution in [2.45, 2.75) is 6.10 Å². The Labute approximate surface area is 135 Å². The first-order chi connectivity index (χ1) is 11.3. The van der Waals surface area contributed by atoms with Crippen molar-refractivity contribution in [2.75, 3.05) is 57.4 Å². The summed E-state index contributed by atoms with van der Waals surface area (Å²) in [6, 6.07) is 5.58. The third-order valence-electron chi connectivity index (χ3n) is 4.38. The first-order valence-electron chi connectivity index (χ1n) is 8.10. The molecule has 1 atom stereocenters. The molecule has 1 amide bonds. The third-order valence-corrected chi connectivity index (χ3v) is 4.38. The first-order valence-corrected chi connectivity index (χ1v) is 8.10. The van der Waals surface area contributed by atoms with Crippen LogP contribution in [0.4, 0.5) is 10.5 Å². The first kappa shape index (κ1) is 14.6. The number of ether oxygens (including phenoxy) is 3. The maximum Gasteiger partial charge on any atom is 0.414 e. The highest BCUT2D eigenvalue weighted by Gasteiger charge is 2.34. The smallest absolute Gasteiger partial charge is 0.414 e. The van der Waals surface area contributed by atoms with Crippen molar-refractivity contribution in [3.63, 3.8) is 0 Å². The number of nitrogens with zero attached hydrogens (tertiary/aromatic N) is 2. The Morgan fingerprint density at radius 3 is 2.74 bits per heavy atom. The van der Waals surface area contributed by atoms with Gasteiger partial charge in [-0.15, -0.1) is 0 Å². The Hall–Kier alpha value is -1.99. The van der Waals surface area contributed by atoms with Crippen LogP contribution in [0.15, 0.2) is 18.2 Å². The molecule has 1 aromatic carbocycles. The molecule has 1 aromatic rings. The molecule has 124 valence electrons. The Bertz CT molecular complexity index is 589. The van der Waals surface area contributed by atoms with E-state index in [1.165, 1.54) is 0 Å². The average Bonchev–Trinajstić information content (AvgIpc) is 2.95. The van der Waals surface area contributed by atoms with Crippen molar-refractivity contribution < 1.29 is 19.0 Å². The van der Waals surface area contributed by atoms with Gasteiger partial charge in [-0.3, -0.25) is 9.80 Å². The lowest BCUT2D eigenvalue weighted by Gasteiger charge is -2.28. The average molecular weight is 319 g/mol. The molecule has 3 aliphatic heterocycles. The number of carbonyl (C=O) groups is 1. The predicted octanol–water partition coefficient (Wildman–Crippen LogP) is 0.688. The summed E-state index contributed by atoms with van der Waals surface area (Å²) < 4.78 is 16.6. The summed E-state index contributed by atoms with van der Waals surface area (Å²) in [5.74, 6) is 1.41. The van der Waals surface area contributed by atoms with Crippen LogP contribution >= 0.6 is 0 Å². The number of piperazine rings is 1. The third kappa shape index (κ3) is 3.07. The van der Waals surface area contributed by atoms with Crippen molar-refractivity contribution in [2.24, 2.45) is 0 Å². The van der Waals surface area contributed by atoms with E-state index in [1.807, 2.05) is 18.2 Å². The second-order valence-corrected chi connectivity index (χ2v) is 5.99. The largest absolute Gasteiger partial charge is 0.486 e. The highest BCUT2D eigenvalue weighted by atomic mass is 16.6. The summed E-state index contributed by atoms with van der Waals surface area (Å²) in [5, 5.41) is 3.33. The molecule has 0 aromatic heterocycles. The van der Waals surface area contributed by atoms with Gasteiger partial charge in [-0.05, 0) is 12.1 Å². The Morgan fingerprint density at radius 1 is 1.13 bits per heavy atom. The highest BCUT2D eigenvalue weighted by Crippen LogP contribution is 2.35. The summed E-state index contributed by atoms with van der Waals surface area (Å²) in [4.78, 5) is 16.2. The number of benzene rings is 1. The van der Waals surface area contributed by atoms with Crippen LogP contribution in [-0.2, 0) is 4.74 Å². The molecule has 0 aliphatic carbocycles. The van der Waals surface area contributed by atoms with Crippen LogP contribution in [0, 0.1) is 0 Å². The van der Waals surface area contributed by atoms with E-state index >= 15 is 0 Å². The number of hydrogen-bond acceptors (Lipinski definition) is 6. The zero-order chi connectivity index (χ0) is 15.6. The van der Waals surface area contributed by atoms with Gasteiger partial charge in [-0.1, -0.05) is 0 Å². The van der Waals surface area contributed by atoms with E-state index in [-0.39, 0.29) is 12.2 Å². The van der Waals surface area contributed by atoms with E-state index < -0.39 is 0 Å². The van der Waals surface area contributed by atoms with E-state index in [2.05, 4.69) is 10.2 Å². The summed E-state index contributed by atoms with van der Waals surface area (Å²) >= 11 is 0. The summed E-state index contributed by atoms with van der Waals surface area (Å²) in [7, 11) is 0. The molecule has 23 heavy (non-hydrogen) atoms. The van der Waals surface area contributed by atoms with Gasteiger partial charge in [0.15, 0.2) is 11.5 Å². The fraction of sp³-hybridized carbons (Fsp3) is 0.562. The van der Waals surface area contributed by atoms with Gasteiger partial charge in [0, 0.05) is 38.8 Å². The molecule has 7 nitrogen and oxygen atoms in total. The van der Waals surface area contributed by atoms with Crippen LogP contribution in [0.1, 0.15) is 0 Å². The number of cyclic esters (lactones) is 1. The van der Waals surface area contributed by atoms with E-state index in [9.17, 15) is 4.79 Å². The van der Waals surface area contributed by atoms with E-state index in [1.54, 1.807) is 4.90 Å². The maximum atomic E-state index is 12.2.